The van der Waals surface area contributed by atoms with Crippen molar-refractivity contribution in [2.24, 2.45) is 0 Å². The van der Waals surface area contributed by atoms with Crippen LogP contribution >= 0.6 is 0 Å². The fourth-order valence-electron chi connectivity index (χ4n) is 5.50. The van der Waals surface area contributed by atoms with Crippen LogP contribution < -0.4 is 0 Å². The van der Waals surface area contributed by atoms with E-state index in [1.807, 2.05) is 0 Å². The van der Waals surface area contributed by atoms with Crippen LogP contribution in [0.5, 0.6) is 0 Å². The SMILES string of the molecule is CCC[CH2][Sn]([CH2]CCC)([CH2]CCC)[CH2][C](=C(F)F)[Sn]([CH2]CCC)([CH2]CCC)[CH2]CCC. The Morgan fingerprint density at radius 2 is 0.774 bits per heavy atom. The topological polar surface area (TPSA) is 0 Å². The number of rotatable bonds is 21. The third kappa shape index (κ3) is 12.5. The summed E-state index contributed by atoms with van der Waals surface area (Å²) in [6.07, 6.45) is 13.4. The van der Waals surface area contributed by atoms with E-state index in [9.17, 15) is 8.78 Å². The van der Waals surface area contributed by atoms with Gasteiger partial charge in [0.05, 0.1) is 0 Å². The number of halogens is 2. The van der Waals surface area contributed by atoms with E-state index in [0.717, 1.165) is 27.3 Å². The molecule has 0 aliphatic rings. The Hall–Kier alpha value is 1.20. The first-order chi connectivity index (χ1) is 14.9. The van der Waals surface area contributed by atoms with Gasteiger partial charge in [0.25, 0.3) is 0 Å². The van der Waals surface area contributed by atoms with Crippen molar-refractivity contribution in [2.45, 2.75) is 150 Å². The van der Waals surface area contributed by atoms with Crippen molar-refractivity contribution in [2.75, 3.05) is 0 Å². The molecule has 0 unspecified atom stereocenters. The zero-order chi connectivity index (χ0) is 23.6. The summed E-state index contributed by atoms with van der Waals surface area (Å²) in [6, 6.07) is 0. The fraction of sp³-hybridized carbons (Fsp3) is 0.926. The van der Waals surface area contributed by atoms with Crippen LogP contribution in [0.25, 0.3) is 0 Å². The first-order valence-electron chi connectivity index (χ1n) is 13.9. The molecule has 31 heavy (non-hydrogen) atoms. The van der Waals surface area contributed by atoms with E-state index >= 15 is 0 Å². The third-order valence-electron chi connectivity index (χ3n) is 7.63. The van der Waals surface area contributed by atoms with Crippen molar-refractivity contribution in [1.29, 1.82) is 0 Å². The first kappa shape index (κ1) is 32.2. The molecule has 0 rings (SSSR count). The molecule has 0 amide bonds. The van der Waals surface area contributed by atoms with Crippen molar-refractivity contribution in [3.63, 3.8) is 0 Å². The molecule has 0 spiro atoms. The fourth-order valence-corrected chi connectivity index (χ4v) is 51.2. The maximum atomic E-state index is 14.9. The molecule has 0 N–H and O–H groups in total. The Morgan fingerprint density at radius 1 is 0.484 bits per heavy atom. The van der Waals surface area contributed by atoms with Gasteiger partial charge in [-0.15, -0.1) is 0 Å². The van der Waals surface area contributed by atoms with E-state index < -0.39 is 42.8 Å². The normalized spacial score (nSPS) is 12.4. The molecular formula is C27H56F2Sn2. The van der Waals surface area contributed by atoms with Crippen molar-refractivity contribution in [3.8, 4) is 0 Å². The van der Waals surface area contributed by atoms with Gasteiger partial charge in [0.15, 0.2) is 0 Å². The van der Waals surface area contributed by atoms with Gasteiger partial charge in [0, 0.05) is 0 Å². The summed E-state index contributed by atoms with van der Waals surface area (Å²) in [7, 11) is 0. The van der Waals surface area contributed by atoms with Gasteiger partial charge >= 0.3 is 205 Å². The summed E-state index contributed by atoms with van der Waals surface area (Å²) in [6.45, 7) is 13.6. The van der Waals surface area contributed by atoms with Gasteiger partial charge in [0.2, 0.25) is 0 Å². The van der Waals surface area contributed by atoms with Crippen LogP contribution in [0.3, 0.4) is 0 Å². The molecule has 0 aliphatic carbocycles. The molecular weight excluding hydrogens is 600 g/mol. The summed E-state index contributed by atoms with van der Waals surface area (Å²) in [4.78, 5) is 0. The van der Waals surface area contributed by atoms with E-state index in [-0.39, 0.29) is 0 Å². The van der Waals surface area contributed by atoms with Crippen molar-refractivity contribution in [3.05, 3.63) is 9.67 Å². The Balaban J connectivity index is 6.27. The molecule has 186 valence electrons. The molecule has 0 aromatic carbocycles. The van der Waals surface area contributed by atoms with Crippen LogP contribution in [-0.2, 0) is 0 Å². The summed E-state index contributed by atoms with van der Waals surface area (Å²) >= 11 is -5.68. The molecule has 0 aromatic rings. The Kier molecular flexibility index (Phi) is 20.3. The average Bonchev–Trinajstić information content (AvgIpc) is 2.78. The first-order valence-corrected chi connectivity index (χ1v) is 29.5. The average molecular weight is 656 g/mol. The monoisotopic (exact) mass is 658 g/mol. The zero-order valence-electron chi connectivity index (χ0n) is 22.2. The van der Waals surface area contributed by atoms with Gasteiger partial charge in [-0.2, -0.15) is 0 Å². The molecule has 0 atom stereocenters. The molecule has 0 heterocycles. The number of hydrogen-bond donors (Lipinski definition) is 0. The van der Waals surface area contributed by atoms with E-state index in [1.54, 1.807) is 0 Å². The van der Waals surface area contributed by atoms with Crippen LogP contribution in [0.4, 0.5) is 8.78 Å². The molecule has 0 fully saturated rings. The summed E-state index contributed by atoms with van der Waals surface area (Å²) in [5, 5.41) is 0. The van der Waals surface area contributed by atoms with Crippen molar-refractivity contribution < 1.29 is 8.78 Å². The van der Waals surface area contributed by atoms with Crippen LogP contribution in [0.15, 0.2) is 9.67 Å². The standard InChI is InChI=1S/6C4H9.C3H2F2.2Sn/c6*1-3-4-2;1-2-3(4)5;;/h6*1,3-4H2,2H3;1H2;;. The Bertz CT molecular complexity index is 415. The Labute approximate surface area is 203 Å². The molecule has 0 aromatic heterocycles. The molecule has 0 bridgehead atoms. The Morgan fingerprint density at radius 3 is 1.03 bits per heavy atom. The summed E-state index contributed by atoms with van der Waals surface area (Å²) < 4.78 is 39.4. The predicted molar refractivity (Wildman–Crippen MR) is 144 cm³/mol. The maximum absolute atomic E-state index is 14.9. The molecule has 0 saturated heterocycles. The second kappa shape index (κ2) is 19.5. The molecule has 4 heteroatoms. The minimum atomic E-state index is -3.05. The van der Waals surface area contributed by atoms with Crippen LogP contribution in [-0.4, -0.2) is 36.8 Å². The van der Waals surface area contributed by atoms with Crippen LogP contribution in [0.2, 0.25) is 31.1 Å². The van der Waals surface area contributed by atoms with E-state index in [0.29, 0.717) is 0 Å². The minimum absolute atomic E-state index is 0.878. The van der Waals surface area contributed by atoms with Crippen molar-refractivity contribution >= 4 is 36.8 Å². The van der Waals surface area contributed by atoms with Gasteiger partial charge in [-0.25, -0.2) is 0 Å². The predicted octanol–water partition coefficient (Wildman–Crippen LogP) is 11.4. The second-order valence-corrected chi connectivity index (χ2v) is 37.5. The number of allylic oxidation sites excluding steroid dienone is 1. The van der Waals surface area contributed by atoms with E-state index in [4.69, 9.17) is 0 Å². The second-order valence-electron chi connectivity index (χ2n) is 10.3. The van der Waals surface area contributed by atoms with Gasteiger partial charge in [-0.05, 0) is 0 Å². The number of unbranched alkanes of at least 4 members (excludes halogenated alkanes) is 6. The van der Waals surface area contributed by atoms with Gasteiger partial charge in [0.1, 0.15) is 0 Å². The molecule has 0 aliphatic heterocycles. The zero-order valence-corrected chi connectivity index (χ0v) is 27.9. The third-order valence-corrected chi connectivity index (χ3v) is 41.7. The van der Waals surface area contributed by atoms with Crippen molar-refractivity contribution in [1.82, 2.24) is 0 Å². The van der Waals surface area contributed by atoms with Gasteiger partial charge < -0.3 is 0 Å². The quantitative estimate of drug-likeness (QED) is 0.108. The van der Waals surface area contributed by atoms with Crippen LogP contribution in [0.1, 0.15) is 119 Å². The van der Waals surface area contributed by atoms with Gasteiger partial charge in [-0.3, -0.25) is 0 Å². The summed E-state index contributed by atoms with van der Waals surface area (Å²) in [5.41, 5.74) is 0. The molecule has 0 saturated carbocycles. The van der Waals surface area contributed by atoms with E-state index in [2.05, 4.69) is 41.5 Å². The van der Waals surface area contributed by atoms with E-state index in [1.165, 1.54) is 84.4 Å². The van der Waals surface area contributed by atoms with Crippen LogP contribution in [0, 0.1) is 0 Å². The van der Waals surface area contributed by atoms with Gasteiger partial charge in [-0.1, -0.05) is 0 Å². The molecule has 0 nitrogen and oxygen atoms in total. The summed E-state index contributed by atoms with van der Waals surface area (Å²) in [5.74, 6) is 0. The number of hydrogen-bond acceptors (Lipinski definition) is 0. The molecule has 0 radical (unpaired) electrons.